The van der Waals surface area contributed by atoms with Gasteiger partial charge in [-0.05, 0) is 33.4 Å². The average molecular weight is 202 g/mol. The minimum Gasteiger partial charge on any atom is -0.396 e. The molecule has 0 aromatic carbocycles. The lowest BCUT2D eigenvalue weighted by Crippen LogP contribution is -2.44. The van der Waals surface area contributed by atoms with E-state index >= 15 is 0 Å². The van der Waals surface area contributed by atoms with E-state index in [4.69, 9.17) is 5.11 Å². The Morgan fingerprint density at radius 1 is 1.21 bits per heavy atom. The first-order chi connectivity index (χ1) is 6.55. The van der Waals surface area contributed by atoms with Crippen molar-refractivity contribution in [1.82, 2.24) is 10.2 Å². The number of likely N-dealkylation sites (N-methyl/N-ethyl adjacent to an activating group) is 1. The molecule has 0 rings (SSSR count). The van der Waals surface area contributed by atoms with E-state index in [1.165, 1.54) is 0 Å². The van der Waals surface area contributed by atoms with Crippen LogP contribution in [0.3, 0.4) is 0 Å². The lowest BCUT2D eigenvalue weighted by atomic mass is 10.0. The summed E-state index contributed by atoms with van der Waals surface area (Å²) >= 11 is 0. The molecular formula is C11H26N2O. The Morgan fingerprint density at radius 2 is 1.79 bits per heavy atom. The van der Waals surface area contributed by atoms with Gasteiger partial charge in [0.2, 0.25) is 0 Å². The first-order valence-electron chi connectivity index (χ1n) is 5.64. The van der Waals surface area contributed by atoms with Crippen molar-refractivity contribution in [3.8, 4) is 0 Å². The molecule has 0 spiro atoms. The molecule has 0 aromatic rings. The van der Waals surface area contributed by atoms with E-state index in [0.29, 0.717) is 0 Å². The normalized spacial score (nSPS) is 12.4. The molecule has 86 valence electrons. The molecule has 0 bridgehead atoms. The second kappa shape index (κ2) is 7.21. The summed E-state index contributed by atoms with van der Waals surface area (Å²) in [6.07, 6.45) is 0.811. The van der Waals surface area contributed by atoms with Gasteiger partial charge in [-0.15, -0.1) is 0 Å². The average Bonchev–Trinajstić information content (AvgIpc) is 2.12. The molecule has 0 saturated heterocycles. The highest BCUT2D eigenvalue weighted by molar-refractivity contribution is 4.77. The molecule has 0 saturated carbocycles. The minimum atomic E-state index is 0.0574. The van der Waals surface area contributed by atoms with Crippen molar-refractivity contribution in [3.63, 3.8) is 0 Å². The molecule has 3 nitrogen and oxygen atoms in total. The highest BCUT2D eigenvalue weighted by atomic mass is 16.3. The van der Waals surface area contributed by atoms with Crippen molar-refractivity contribution >= 4 is 0 Å². The number of hydrogen-bond acceptors (Lipinski definition) is 3. The molecule has 0 aromatic heterocycles. The highest BCUT2D eigenvalue weighted by Gasteiger charge is 2.15. The number of hydrogen-bond donors (Lipinski definition) is 2. The molecule has 2 N–H and O–H groups in total. The molecule has 14 heavy (non-hydrogen) atoms. The Bertz CT molecular complexity index is 133. The quantitative estimate of drug-likeness (QED) is 0.618. The third-order valence-electron chi connectivity index (χ3n) is 2.66. The lowest BCUT2D eigenvalue weighted by molar-refractivity contribution is 0.221. The van der Waals surface area contributed by atoms with Gasteiger partial charge >= 0.3 is 0 Å². The van der Waals surface area contributed by atoms with Crippen molar-refractivity contribution in [2.24, 2.45) is 0 Å². The van der Waals surface area contributed by atoms with E-state index in [2.05, 4.69) is 37.9 Å². The van der Waals surface area contributed by atoms with Crippen molar-refractivity contribution in [2.75, 3.05) is 32.8 Å². The van der Waals surface area contributed by atoms with Gasteiger partial charge in [0.15, 0.2) is 0 Å². The van der Waals surface area contributed by atoms with Crippen molar-refractivity contribution in [1.29, 1.82) is 0 Å². The molecule has 0 atom stereocenters. The fourth-order valence-corrected chi connectivity index (χ4v) is 1.46. The summed E-state index contributed by atoms with van der Waals surface area (Å²) in [5, 5.41) is 12.3. The van der Waals surface area contributed by atoms with Crippen LogP contribution < -0.4 is 5.32 Å². The first kappa shape index (κ1) is 13.9. The van der Waals surface area contributed by atoms with E-state index < -0.39 is 0 Å². The fraction of sp³-hybridized carbons (Fsp3) is 1.00. The molecule has 0 aliphatic heterocycles. The monoisotopic (exact) mass is 202 g/mol. The van der Waals surface area contributed by atoms with Gasteiger partial charge < -0.3 is 15.3 Å². The summed E-state index contributed by atoms with van der Waals surface area (Å²) in [4.78, 5) is 2.39. The van der Waals surface area contributed by atoms with E-state index in [9.17, 15) is 0 Å². The Labute approximate surface area is 88.5 Å². The zero-order chi connectivity index (χ0) is 11.0. The summed E-state index contributed by atoms with van der Waals surface area (Å²) in [6, 6.07) is 0. The van der Waals surface area contributed by atoms with Gasteiger partial charge in [0, 0.05) is 25.2 Å². The summed E-state index contributed by atoms with van der Waals surface area (Å²) in [6.45, 7) is 13.2. The maximum atomic E-state index is 8.85. The Hall–Kier alpha value is -0.120. The third kappa shape index (κ3) is 6.35. The summed E-state index contributed by atoms with van der Waals surface area (Å²) < 4.78 is 0. The Kier molecular flexibility index (Phi) is 7.15. The van der Waals surface area contributed by atoms with Crippen LogP contribution in [0.4, 0.5) is 0 Å². The van der Waals surface area contributed by atoms with Gasteiger partial charge in [0.05, 0.1) is 0 Å². The van der Waals surface area contributed by atoms with Crippen LogP contribution in [-0.4, -0.2) is 48.3 Å². The van der Waals surface area contributed by atoms with Crippen LogP contribution in [0, 0.1) is 0 Å². The second-order valence-corrected chi connectivity index (χ2v) is 4.31. The summed E-state index contributed by atoms with van der Waals surface area (Å²) in [5.74, 6) is 0. The van der Waals surface area contributed by atoms with Crippen LogP contribution in [-0.2, 0) is 0 Å². The van der Waals surface area contributed by atoms with Gasteiger partial charge in [0.1, 0.15) is 0 Å². The third-order valence-corrected chi connectivity index (χ3v) is 2.66. The molecule has 0 radical (unpaired) electrons. The van der Waals surface area contributed by atoms with Crippen molar-refractivity contribution < 1.29 is 5.11 Å². The van der Waals surface area contributed by atoms with Crippen molar-refractivity contribution in [2.45, 2.75) is 39.7 Å². The molecule has 0 fully saturated rings. The van der Waals surface area contributed by atoms with Gasteiger partial charge in [-0.2, -0.15) is 0 Å². The standard InChI is InChI=1S/C11H26N2O/c1-5-13(6-2)9-8-12-11(3,4)7-10-14/h12,14H,5-10H2,1-4H3. The molecule has 0 amide bonds. The predicted molar refractivity (Wildman–Crippen MR) is 61.6 cm³/mol. The first-order valence-corrected chi connectivity index (χ1v) is 5.64. The van der Waals surface area contributed by atoms with Gasteiger partial charge in [0.25, 0.3) is 0 Å². The van der Waals surface area contributed by atoms with Gasteiger partial charge in [-0.1, -0.05) is 13.8 Å². The van der Waals surface area contributed by atoms with Gasteiger partial charge in [-0.3, -0.25) is 0 Å². The SMILES string of the molecule is CCN(CC)CCNC(C)(C)CCO. The van der Waals surface area contributed by atoms with E-state index in [1.54, 1.807) is 0 Å². The van der Waals surface area contributed by atoms with Crippen molar-refractivity contribution in [3.05, 3.63) is 0 Å². The van der Waals surface area contributed by atoms with E-state index in [-0.39, 0.29) is 12.1 Å². The lowest BCUT2D eigenvalue weighted by Gasteiger charge is -2.27. The maximum Gasteiger partial charge on any atom is 0.0448 e. The van der Waals surface area contributed by atoms with Crippen LogP contribution in [0.15, 0.2) is 0 Å². The Morgan fingerprint density at radius 3 is 2.21 bits per heavy atom. The second-order valence-electron chi connectivity index (χ2n) is 4.31. The van der Waals surface area contributed by atoms with Crippen LogP contribution in [0.25, 0.3) is 0 Å². The zero-order valence-corrected chi connectivity index (χ0v) is 10.1. The maximum absolute atomic E-state index is 8.85. The molecule has 3 heteroatoms. The number of nitrogens with one attached hydrogen (secondary N) is 1. The molecule has 0 heterocycles. The van der Waals surface area contributed by atoms with Crippen LogP contribution in [0.2, 0.25) is 0 Å². The molecular weight excluding hydrogens is 176 g/mol. The smallest absolute Gasteiger partial charge is 0.0448 e. The fourth-order valence-electron chi connectivity index (χ4n) is 1.46. The molecule has 0 aliphatic rings. The zero-order valence-electron chi connectivity index (χ0n) is 10.1. The highest BCUT2D eigenvalue weighted by Crippen LogP contribution is 2.06. The summed E-state index contributed by atoms with van der Waals surface area (Å²) in [5.41, 5.74) is 0.0574. The van der Waals surface area contributed by atoms with Crippen LogP contribution >= 0.6 is 0 Å². The molecule has 0 unspecified atom stereocenters. The largest absolute Gasteiger partial charge is 0.396 e. The van der Waals surface area contributed by atoms with Crippen LogP contribution in [0.1, 0.15) is 34.1 Å². The van der Waals surface area contributed by atoms with E-state index in [1.807, 2.05) is 0 Å². The topological polar surface area (TPSA) is 35.5 Å². The number of aliphatic hydroxyl groups excluding tert-OH is 1. The number of aliphatic hydroxyl groups is 1. The van der Waals surface area contributed by atoms with Gasteiger partial charge in [-0.25, -0.2) is 0 Å². The minimum absolute atomic E-state index is 0.0574. The number of rotatable bonds is 8. The number of nitrogens with zero attached hydrogens (tertiary/aromatic N) is 1. The Balaban J connectivity index is 3.60. The van der Waals surface area contributed by atoms with Crippen LogP contribution in [0.5, 0.6) is 0 Å². The molecule has 0 aliphatic carbocycles. The van der Waals surface area contributed by atoms with E-state index in [0.717, 1.165) is 32.6 Å². The predicted octanol–water partition coefficient (Wildman–Crippen LogP) is 1.08. The summed E-state index contributed by atoms with van der Waals surface area (Å²) in [7, 11) is 0.